The Morgan fingerprint density at radius 1 is 1.40 bits per heavy atom. The smallest absolute Gasteiger partial charge is 0.278 e. The van der Waals surface area contributed by atoms with E-state index in [0.29, 0.717) is 17.5 Å². The van der Waals surface area contributed by atoms with Gasteiger partial charge in [0, 0.05) is 6.42 Å². The van der Waals surface area contributed by atoms with Crippen molar-refractivity contribution in [2.24, 2.45) is 0 Å². The molecule has 0 saturated carbocycles. The van der Waals surface area contributed by atoms with Gasteiger partial charge in [-0.2, -0.15) is 4.98 Å². The quantitative estimate of drug-likeness (QED) is 0.334. The Balaban J connectivity index is 0.000000206. The number of carbonyl (C=O) groups excluding carboxylic acids is 1. The summed E-state index contributed by atoms with van der Waals surface area (Å²) in [6.45, 7) is -0.519. The van der Waals surface area contributed by atoms with E-state index in [4.69, 9.17) is 21.1 Å². The van der Waals surface area contributed by atoms with E-state index in [-0.39, 0.29) is 17.9 Å². The number of carbonyl (C=O) groups is 1. The van der Waals surface area contributed by atoms with Crippen molar-refractivity contribution in [3.8, 4) is 0 Å². The maximum atomic E-state index is 11.0. The predicted octanol–water partition coefficient (Wildman–Crippen LogP) is -2.48. The van der Waals surface area contributed by atoms with Gasteiger partial charge in [0.05, 0.1) is 19.0 Å². The van der Waals surface area contributed by atoms with Crippen LogP contribution in [0, 0.1) is 0 Å². The number of H-pyrrole nitrogens is 2. The fourth-order valence-electron chi connectivity index (χ4n) is 1.24. The SMILES string of the molecule is Nc1nc2nc[nH]c2c(=O)[nH]1.O=CCC(O)C(O)CO. The normalized spacial score (nSPS) is 13.3. The van der Waals surface area contributed by atoms with E-state index in [0.717, 1.165) is 0 Å². The minimum Gasteiger partial charge on any atom is -0.394 e. The second-order valence-electron chi connectivity index (χ2n) is 3.77. The molecule has 0 radical (unpaired) electrons. The number of nitrogens with zero attached hydrogens (tertiary/aromatic N) is 2. The third-order valence-electron chi connectivity index (χ3n) is 2.28. The molecule has 2 rings (SSSR count). The molecule has 110 valence electrons. The molecule has 2 atom stereocenters. The molecular formula is C10H15N5O5. The number of imidazole rings is 1. The van der Waals surface area contributed by atoms with Crippen LogP contribution in [0.1, 0.15) is 6.42 Å². The zero-order valence-corrected chi connectivity index (χ0v) is 10.4. The molecule has 20 heavy (non-hydrogen) atoms. The van der Waals surface area contributed by atoms with Crippen molar-refractivity contribution in [2.75, 3.05) is 12.3 Å². The lowest BCUT2D eigenvalue weighted by molar-refractivity contribution is -0.111. The van der Waals surface area contributed by atoms with E-state index in [9.17, 15) is 9.59 Å². The number of aliphatic hydroxyl groups excluding tert-OH is 3. The number of anilines is 1. The summed E-state index contributed by atoms with van der Waals surface area (Å²) in [6.07, 6.45) is -0.583. The number of nitrogens with two attached hydrogens (primary N) is 1. The average molecular weight is 285 g/mol. The summed E-state index contributed by atoms with van der Waals surface area (Å²) in [6, 6.07) is 0. The van der Waals surface area contributed by atoms with Crippen molar-refractivity contribution in [1.82, 2.24) is 19.9 Å². The van der Waals surface area contributed by atoms with Crippen LogP contribution in [0.3, 0.4) is 0 Å². The Morgan fingerprint density at radius 3 is 2.70 bits per heavy atom. The first-order chi connectivity index (χ1) is 9.49. The van der Waals surface area contributed by atoms with Crippen LogP contribution in [-0.4, -0.2) is 60.4 Å². The van der Waals surface area contributed by atoms with Gasteiger partial charge in [-0.25, -0.2) is 4.98 Å². The van der Waals surface area contributed by atoms with Crippen LogP contribution in [0.5, 0.6) is 0 Å². The first kappa shape index (κ1) is 15.8. The first-order valence-corrected chi connectivity index (χ1v) is 5.59. The summed E-state index contributed by atoms with van der Waals surface area (Å²) in [5, 5.41) is 25.5. The summed E-state index contributed by atoms with van der Waals surface area (Å²) in [4.78, 5) is 33.2. The number of aromatic nitrogens is 4. The molecule has 2 heterocycles. The second-order valence-corrected chi connectivity index (χ2v) is 3.77. The van der Waals surface area contributed by atoms with Crippen molar-refractivity contribution >= 4 is 23.4 Å². The number of rotatable bonds is 4. The molecular weight excluding hydrogens is 270 g/mol. The lowest BCUT2D eigenvalue weighted by Crippen LogP contribution is -2.29. The van der Waals surface area contributed by atoms with Gasteiger partial charge >= 0.3 is 0 Å². The summed E-state index contributed by atoms with van der Waals surface area (Å²) in [5.41, 5.74) is 5.65. The number of aliphatic hydroxyl groups is 3. The highest BCUT2D eigenvalue weighted by Crippen LogP contribution is 1.98. The van der Waals surface area contributed by atoms with Crippen molar-refractivity contribution in [3.05, 3.63) is 16.7 Å². The standard InChI is InChI=1S/C5H5N5O.C5H10O4/c6-5-9-3-2(4(11)10-5)7-1-8-3;6-2-1-4(8)5(9)3-7/h1H,(H4,6,7,8,9,10,11);2,4-5,7-9H,1,3H2. The van der Waals surface area contributed by atoms with Crippen LogP contribution in [0.25, 0.3) is 11.2 Å². The van der Waals surface area contributed by atoms with Gasteiger partial charge in [0.25, 0.3) is 5.56 Å². The van der Waals surface area contributed by atoms with Gasteiger partial charge in [-0.3, -0.25) is 9.78 Å². The third-order valence-corrected chi connectivity index (χ3v) is 2.28. The van der Waals surface area contributed by atoms with Crippen LogP contribution in [0.15, 0.2) is 11.1 Å². The molecule has 0 aliphatic heterocycles. The van der Waals surface area contributed by atoms with Gasteiger partial charge in [-0.1, -0.05) is 0 Å². The fraction of sp³-hybridized carbons (Fsp3) is 0.400. The molecule has 0 aromatic carbocycles. The molecule has 0 spiro atoms. The van der Waals surface area contributed by atoms with E-state index in [2.05, 4.69) is 19.9 Å². The van der Waals surface area contributed by atoms with E-state index < -0.39 is 18.8 Å². The molecule has 2 unspecified atom stereocenters. The van der Waals surface area contributed by atoms with Gasteiger partial charge in [0.1, 0.15) is 12.4 Å². The van der Waals surface area contributed by atoms with Crippen LogP contribution in [0.4, 0.5) is 5.95 Å². The molecule has 0 amide bonds. The maximum Gasteiger partial charge on any atom is 0.278 e. The van der Waals surface area contributed by atoms with E-state index in [1.807, 2.05) is 0 Å². The average Bonchev–Trinajstić information content (AvgIpc) is 2.87. The largest absolute Gasteiger partial charge is 0.394 e. The van der Waals surface area contributed by atoms with Crippen LogP contribution >= 0.6 is 0 Å². The molecule has 2 aromatic heterocycles. The Labute approximate surface area is 112 Å². The number of nitrogens with one attached hydrogen (secondary N) is 2. The summed E-state index contributed by atoms with van der Waals surface area (Å²) >= 11 is 0. The molecule has 0 fully saturated rings. The Kier molecular flexibility index (Phi) is 5.77. The number of aldehydes is 1. The molecule has 7 N–H and O–H groups in total. The molecule has 0 bridgehead atoms. The highest BCUT2D eigenvalue weighted by atomic mass is 16.4. The lowest BCUT2D eigenvalue weighted by atomic mass is 10.2. The van der Waals surface area contributed by atoms with Crippen molar-refractivity contribution < 1.29 is 20.1 Å². The second kappa shape index (κ2) is 7.33. The van der Waals surface area contributed by atoms with E-state index in [1.165, 1.54) is 6.33 Å². The van der Waals surface area contributed by atoms with Crippen LogP contribution in [0.2, 0.25) is 0 Å². The fourth-order valence-corrected chi connectivity index (χ4v) is 1.24. The minimum atomic E-state index is -1.20. The minimum absolute atomic E-state index is 0.0783. The Morgan fingerprint density at radius 2 is 2.10 bits per heavy atom. The first-order valence-electron chi connectivity index (χ1n) is 5.59. The third kappa shape index (κ3) is 4.12. The van der Waals surface area contributed by atoms with Gasteiger partial charge in [-0.05, 0) is 0 Å². The van der Waals surface area contributed by atoms with Crippen LogP contribution < -0.4 is 11.3 Å². The van der Waals surface area contributed by atoms with Gasteiger partial charge in [-0.15, -0.1) is 0 Å². The zero-order chi connectivity index (χ0) is 15.1. The van der Waals surface area contributed by atoms with Crippen molar-refractivity contribution in [1.29, 1.82) is 0 Å². The molecule has 0 aliphatic rings. The maximum absolute atomic E-state index is 11.0. The van der Waals surface area contributed by atoms with Gasteiger partial charge < -0.3 is 30.8 Å². The summed E-state index contributed by atoms with van der Waals surface area (Å²) < 4.78 is 0. The molecule has 10 heteroatoms. The molecule has 0 aliphatic carbocycles. The Bertz CT molecular complexity index is 609. The number of aromatic amines is 2. The lowest BCUT2D eigenvalue weighted by Gasteiger charge is -2.11. The highest BCUT2D eigenvalue weighted by Gasteiger charge is 2.13. The summed E-state index contributed by atoms with van der Waals surface area (Å²) in [5.74, 6) is 0.0783. The number of hydrogen-bond acceptors (Lipinski definition) is 8. The highest BCUT2D eigenvalue weighted by molar-refractivity contribution is 5.69. The molecule has 2 aromatic rings. The van der Waals surface area contributed by atoms with Crippen molar-refractivity contribution in [2.45, 2.75) is 18.6 Å². The predicted molar refractivity (Wildman–Crippen MR) is 68.7 cm³/mol. The monoisotopic (exact) mass is 285 g/mol. The van der Waals surface area contributed by atoms with Gasteiger partial charge in [0.2, 0.25) is 5.95 Å². The number of nitrogen functional groups attached to an aromatic ring is 1. The Hall–Kier alpha value is -2.30. The topological polar surface area (TPSA) is 178 Å². The van der Waals surface area contributed by atoms with Gasteiger partial charge in [0.15, 0.2) is 11.2 Å². The zero-order valence-electron chi connectivity index (χ0n) is 10.4. The number of fused-ring (bicyclic) bond motifs is 1. The molecule has 10 nitrogen and oxygen atoms in total. The number of hydrogen-bond donors (Lipinski definition) is 6. The summed E-state index contributed by atoms with van der Waals surface area (Å²) in [7, 11) is 0. The van der Waals surface area contributed by atoms with Crippen molar-refractivity contribution in [3.63, 3.8) is 0 Å². The van der Waals surface area contributed by atoms with E-state index in [1.54, 1.807) is 0 Å². The molecule has 0 saturated heterocycles. The van der Waals surface area contributed by atoms with E-state index >= 15 is 0 Å². The van der Waals surface area contributed by atoms with Crippen LogP contribution in [-0.2, 0) is 4.79 Å².